The van der Waals surface area contributed by atoms with Gasteiger partial charge in [0.05, 0.1) is 18.7 Å². The number of rotatable bonds is 5. The van der Waals surface area contributed by atoms with Gasteiger partial charge >= 0.3 is 0 Å². The summed E-state index contributed by atoms with van der Waals surface area (Å²) in [5, 5.41) is 3.28. The topological polar surface area (TPSA) is 58.6 Å². The Morgan fingerprint density at radius 1 is 1.24 bits per heavy atom. The maximum Gasteiger partial charge on any atom is 0.227 e. The second-order valence-corrected chi connectivity index (χ2v) is 7.75. The van der Waals surface area contributed by atoms with Crippen molar-refractivity contribution in [2.75, 3.05) is 18.6 Å². The maximum atomic E-state index is 13.9. The molecule has 1 heterocycles. The number of ether oxygens (including phenoxy) is 1. The number of nitrogens with zero attached hydrogens (tertiary/aromatic N) is 1. The van der Waals surface area contributed by atoms with E-state index in [0.717, 1.165) is 0 Å². The van der Waals surface area contributed by atoms with Crippen molar-refractivity contribution in [3.63, 3.8) is 0 Å². The summed E-state index contributed by atoms with van der Waals surface area (Å²) in [4.78, 5) is 26.6. The highest BCUT2D eigenvalue weighted by Crippen LogP contribution is 2.43. The summed E-state index contributed by atoms with van der Waals surface area (Å²) < 4.78 is 33.1. The van der Waals surface area contributed by atoms with E-state index in [1.165, 1.54) is 30.2 Å². The van der Waals surface area contributed by atoms with Crippen LogP contribution in [-0.4, -0.2) is 31.5 Å². The van der Waals surface area contributed by atoms with Gasteiger partial charge in [0.15, 0.2) is 0 Å². The molecule has 0 bridgehead atoms. The zero-order chi connectivity index (χ0) is 20.7. The minimum atomic E-state index is -0.609. The smallest absolute Gasteiger partial charge is 0.227 e. The Balaban J connectivity index is 1.43. The summed E-state index contributed by atoms with van der Waals surface area (Å²) in [6.45, 7) is 0.187. The highest BCUT2D eigenvalue weighted by molar-refractivity contribution is 6.31. The first-order valence-corrected chi connectivity index (χ1v) is 9.65. The molecule has 29 heavy (non-hydrogen) atoms. The van der Waals surface area contributed by atoms with Crippen molar-refractivity contribution < 1.29 is 23.1 Å². The molecule has 0 aromatic heterocycles. The van der Waals surface area contributed by atoms with Crippen LogP contribution in [0.2, 0.25) is 5.02 Å². The summed E-state index contributed by atoms with van der Waals surface area (Å²) in [7, 11) is 1.49. The fourth-order valence-electron chi connectivity index (χ4n) is 3.83. The monoisotopic (exact) mass is 420 g/mol. The average Bonchev–Trinajstić information content (AvgIpc) is 3.30. The van der Waals surface area contributed by atoms with Gasteiger partial charge in [0.1, 0.15) is 17.4 Å². The normalized spacial score (nSPS) is 23.2. The fourth-order valence-corrected chi connectivity index (χ4v) is 4.00. The Hall–Kier alpha value is -2.67. The molecule has 4 rings (SSSR count). The average molecular weight is 421 g/mol. The minimum Gasteiger partial charge on any atom is -0.495 e. The predicted octanol–water partition coefficient (Wildman–Crippen LogP) is 3.65. The molecule has 1 aliphatic heterocycles. The van der Waals surface area contributed by atoms with E-state index in [-0.39, 0.29) is 42.3 Å². The Kier molecular flexibility index (Phi) is 5.17. The van der Waals surface area contributed by atoms with Gasteiger partial charge in [0.25, 0.3) is 0 Å². The molecule has 2 amide bonds. The molecule has 3 atom stereocenters. The number of nitrogens with one attached hydrogen (secondary N) is 1. The van der Waals surface area contributed by atoms with E-state index >= 15 is 0 Å². The highest BCUT2D eigenvalue weighted by atomic mass is 35.5. The van der Waals surface area contributed by atoms with E-state index in [4.69, 9.17) is 16.3 Å². The van der Waals surface area contributed by atoms with E-state index < -0.39 is 17.6 Å². The van der Waals surface area contributed by atoms with Crippen molar-refractivity contribution in [1.29, 1.82) is 0 Å². The molecule has 2 fully saturated rings. The summed E-state index contributed by atoms with van der Waals surface area (Å²) in [5.41, 5.74) is 0.517. The van der Waals surface area contributed by atoms with Crippen molar-refractivity contribution in [1.82, 2.24) is 5.32 Å². The molecular weight excluding hydrogens is 402 g/mol. The molecule has 2 aromatic rings. The van der Waals surface area contributed by atoms with Crippen LogP contribution in [0.3, 0.4) is 0 Å². The summed E-state index contributed by atoms with van der Waals surface area (Å²) in [6, 6.07) is 8.34. The standard InChI is InChI=1S/C21H19ClF2N2O3/c1-29-18-6-5-12(22)8-17(18)26-10-11(7-19(26)27)21(28)25-16-9-13(16)20-14(23)3-2-4-15(20)24/h2-6,8,11,13,16H,7,9-10H2,1H3,(H,25,28). The van der Waals surface area contributed by atoms with Gasteiger partial charge in [0, 0.05) is 35.5 Å². The zero-order valence-electron chi connectivity index (χ0n) is 15.6. The van der Waals surface area contributed by atoms with E-state index in [0.29, 0.717) is 22.9 Å². The number of benzene rings is 2. The summed E-state index contributed by atoms with van der Waals surface area (Å²) in [5.74, 6) is -2.19. The Labute approximate surface area is 171 Å². The second-order valence-electron chi connectivity index (χ2n) is 7.31. The van der Waals surface area contributed by atoms with Crippen molar-refractivity contribution in [2.45, 2.75) is 24.8 Å². The van der Waals surface area contributed by atoms with Crippen LogP contribution in [0.4, 0.5) is 14.5 Å². The lowest BCUT2D eigenvalue weighted by Crippen LogP contribution is -2.35. The summed E-state index contributed by atoms with van der Waals surface area (Å²) in [6.07, 6.45) is 0.517. The Morgan fingerprint density at radius 2 is 1.97 bits per heavy atom. The number of hydrogen-bond donors (Lipinski definition) is 1. The second kappa shape index (κ2) is 7.63. The van der Waals surface area contributed by atoms with Crippen LogP contribution in [0, 0.1) is 17.6 Å². The number of anilines is 1. The zero-order valence-corrected chi connectivity index (χ0v) is 16.4. The van der Waals surface area contributed by atoms with Crippen LogP contribution in [0.5, 0.6) is 5.75 Å². The molecule has 5 nitrogen and oxygen atoms in total. The first kappa shape index (κ1) is 19.6. The fraction of sp³-hybridized carbons (Fsp3) is 0.333. The van der Waals surface area contributed by atoms with E-state index in [1.54, 1.807) is 18.2 Å². The molecule has 1 aliphatic carbocycles. The van der Waals surface area contributed by atoms with E-state index in [9.17, 15) is 18.4 Å². The van der Waals surface area contributed by atoms with Gasteiger partial charge < -0.3 is 15.0 Å². The van der Waals surface area contributed by atoms with Crippen LogP contribution < -0.4 is 15.0 Å². The van der Waals surface area contributed by atoms with Crippen molar-refractivity contribution in [3.05, 3.63) is 58.6 Å². The molecule has 3 unspecified atom stereocenters. The summed E-state index contributed by atoms with van der Waals surface area (Å²) >= 11 is 6.04. The molecule has 0 spiro atoms. The first-order chi connectivity index (χ1) is 13.9. The number of methoxy groups -OCH3 is 1. The van der Waals surface area contributed by atoms with Crippen LogP contribution in [-0.2, 0) is 9.59 Å². The number of halogens is 3. The van der Waals surface area contributed by atoms with Crippen LogP contribution in [0.15, 0.2) is 36.4 Å². The molecule has 1 saturated carbocycles. The lowest BCUT2D eigenvalue weighted by Gasteiger charge is -2.20. The van der Waals surface area contributed by atoms with Crippen molar-refractivity contribution >= 4 is 29.1 Å². The molecule has 8 heteroatoms. The molecule has 0 radical (unpaired) electrons. The van der Waals surface area contributed by atoms with Gasteiger partial charge in [0.2, 0.25) is 11.8 Å². The maximum absolute atomic E-state index is 13.9. The van der Waals surface area contributed by atoms with Crippen LogP contribution >= 0.6 is 11.6 Å². The third kappa shape index (κ3) is 3.79. The van der Waals surface area contributed by atoms with Gasteiger partial charge in [-0.3, -0.25) is 9.59 Å². The number of hydrogen-bond acceptors (Lipinski definition) is 3. The Morgan fingerprint density at radius 3 is 2.66 bits per heavy atom. The molecule has 152 valence electrons. The molecule has 2 aromatic carbocycles. The minimum absolute atomic E-state index is 0.00517. The third-order valence-electron chi connectivity index (χ3n) is 5.42. The number of amides is 2. The molecule has 2 aliphatic rings. The molecule has 1 N–H and O–H groups in total. The predicted molar refractivity (Wildman–Crippen MR) is 104 cm³/mol. The van der Waals surface area contributed by atoms with Crippen LogP contribution in [0.25, 0.3) is 0 Å². The lowest BCUT2D eigenvalue weighted by molar-refractivity contribution is -0.126. The molecule has 1 saturated heterocycles. The largest absolute Gasteiger partial charge is 0.495 e. The van der Waals surface area contributed by atoms with Gasteiger partial charge in [-0.1, -0.05) is 17.7 Å². The quantitative estimate of drug-likeness (QED) is 0.803. The van der Waals surface area contributed by atoms with Gasteiger partial charge in [-0.05, 0) is 36.8 Å². The first-order valence-electron chi connectivity index (χ1n) is 9.27. The van der Waals surface area contributed by atoms with Gasteiger partial charge in [-0.15, -0.1) is 0 Å². The van der Waals surface area contributed by atoms with Crippen molar-refractivity contribution in [3.8, 4) is 5.75 Å². The van der Waals surface area contributed by atoms with Crippen LogP contribution in [0.1, 0.15) is 24.3 Å². The molecular formula is C21H19ClF2N2O3. The van der Waals surface area contributed by atoms with E-state index in [2.05, 4.69) is 5.32 Å². The third-order valence-corrected chi connectivity index (χ3v) is 5.65. The van der Waals surface area contributed by atoms with Gasteiger partial charge in [-0.2, -0.15) is 0 Å². The highest BCUT2D eigenvalue weighted by Gasteiger charge is 2.45. The van der Waals surface area contributed by atoms with Gasteiger partial charge in [-0.25, -0.2) is 8.78 Å². The lowest BCUT2D eigenvalue weighted by atomic mass is 10.1. The Bertz CT molecular complexity index is 964. The number of carbonyl (C=O) groups is 2. The van der Waals surface area contributed by atoms with E-state index in [1.807, 2.05) is 0 Å². The van der Waals surface area contributed by atoms with Crippen molar-refractivity contribution in [2.24, 2.45) is 5.92 Å². The SMILES string of the molecule is COc1ccc(Cl)cc1N1CC(C(=O)NC2CC2c2c(F)cccc2F)CC1=O. The number of carbonyl (C=O) groups excluding carboxylic acids is 2.